The molecular formula is C16H16N2O5. The number of furan rings is 2. The molecule has 0 radical (unpaired) electrons. The number of nitrogens with zero attached hydrogens (tertiary/aromatic N) is 1. The number of hydrogen-bond acceptors (Lipinski definition) is 5. The SMILES string of the molecule is O=C(CN1C(=O)CCC1=O)NCC(c1ccco1)c1ccco1. The van der Waals surface area contributed by atoms with E-state index in [2.05, 4.69) is 5.32 Å². The van der Waals surface area contributed by atoms with E-state index in [1.54, 1.807) is 36.8 Å². The fourth-order valence-corrected chi connectivity index (χ4v) is 2.54. The normalized spacial score (nSPS) is 14.7. The second-order valence-electron chi connectivity index (χ2n) is 5.26. The van der Waals surface area contributed by atoms with Gasteiger partial charge in [-0.1, -0.05) is 0 Å². The van der Waals surface area contributed by atoms with E-state index < -0.39 is 5.91 Å². The molecule has 7 nitrogen and oxygen atoms in total. The van der Waals surface area contributed by atoms with Gasteiger partial charge in [0, 0.05) is 19.4 Å². The third-order valence-corrected chi connectivity index (χ3v) is 3.73. The third kappa shape index (κ3) is 3.33. The van der Waals surface area contributed by atoms with Crippen molar-refractivity contribution in [1.82, 2.24) is 10.2 Å². The monoisotopic (exact) mass is 316 g/mol. The fourth-order valence-electron chi connectivity index (χ4n) is 2.54. The average molecular weight is 316 g/mol. The third-order valence-electron chi connectivity index (χ3n) is 3.73. The van der Waals surface area contributed by atoms with E-state index >= 15 is 0 Å². The van der Waals surface area contributed by atoms with Crippen molar-refractivity contribution in [3.63, 3.8) is 0 Å². The number of hydrogen-bond donors (Lipinski definition) is 1. The van der Waals surface area contributed by atoms with Crippen molar-refractivity contribution in [2.45, 2.75) is 18.8 Å². The zero-order chi connectivity index (χ0) is 16.2. The van der Waals surface area contributed by atoms with Gasteiger partial charge in [0.1, 0.15) is 18.1 Å². The number of carbonyl (C=O) groups excluding carboxylic acids is 3. The van der Waals surface area contributed by atoms with E-state index in [1.165, 1.54) is 0 Å². The van der Waals surface area contributed by atoms with Crippen LogP contribution in [0.15, 0.2) is 45.6 Å². The van der Waals surface area contributed by atoms with Gasteiger partial charge in [-0.2, -0.15) is 0 Å². The van der Waals surface area contributed by atoms with E-state index in [9.17, 15) is 14.4 Å². The van der Waals surface area contributed by atoms with E-state index in [1.807, 2.05) is 0 Å². The van der Waals surface area contributed by atoms with Crippen molar-refractivity contribution in [2.24, 2.45) is 0 Å². The second kappa shape index (κ2) is 6.51. The van der Waals surface area contributed by atoms with Crippen LogP contribution in [-0.4, -0.2) is 35.7 Å². The molecule has 2 aromatic rings. The summed E-state index contributed by atoms with van der Waals surface area (Å²) in [5.74, 6) is 0.0466. The molecule has 0 aliphatic carbocycles. The summed E-state index contributed by atoms with van der Waals surface area (Å²) >= 11 is 0. The number of rotatable bonds is 6. The van der Waals surface area contributed by atoms with Crippen LogP contribution in [0.5, 0.6) is 0 Å². The molecule has 3 heterocycles. The van der Waals surface area contributed by atoms with Gasteiger partial charge in [-0.3, -0.25) is 19.3 Å². The molecule has 3 rings (SSSR count). The topological polar surface area (TPSA) is 92.8 Å². The molecule has 0 aromatic carbocycles. The summed E-state index contributed by atoms with van der Waals surface area (Å²) < 4.78 is 10.8. The maximum absolute atomic E-state index is 12.0. The van der Waals surface area contributed by atoms with Crippen LogP contribution in [0.2, 0.25) is 0 Å². The fraction of sp³-hybridized carbons (Fsp3) is 0.312. The van der Waals surface area contributed by atoms with Crippen LogP contribution < -0.4 is 5.32 Å². The molecule has 1 saturated heterocycles. The molecule has 120 valence electrons. The summed E-state index contributed by atoms with van der Waals surface area (Å²) in [6.45, 7) is -0.00320. The Kier molecular flexibility index (Phi) is 4.27. The van der Waals surface area contributed by atoms with Crippen molar-refractivity contribution in [1.29, 1.82) is 0 Å². The predicted molar refractivity (Wildman–Crippen MR) is 78.2 cm³/mol. The van der Waals surface area contributed by atoms with Gasteiger partial charge >= 0.3 is 0 Å². The highest BCUT2D eigenvalue weighted by atomic mass is 16.3. The van der Waals surface area contributed by atoms with Crippen molar-refractivity contribution >= 4 is 17.7 Å². The van der Waals surface area contributed by atoms with Crippen LogP contribution in [0, 0.1) is 0 Å². The first kappa shape index (κ1) is 15.1. The van der Waals surface area contributed by atoms with Crippen molar-refractivity contribution in [3.8, 4) is 0 Å². The molecule has 0 saturated carbocycles. The molecule has 3 amide bonds. The molecular weight excluding hydrogens is 300 g/mol. The van der Waals surface area contributed by atoms with Gasteiger partial charge in [0.2, 0.25) is 17.7 Å². The second-order valence-corrected chi connectivity index (χ2v) is 5.26. The van der Waals surface area contributed by atoms with Gasteiger partial charge in [0.05, 0.1) is 18.4 Å². The lowest BCUT2D eigenvalue weighted by molar-refractivity contribution is -0.142. The Morgan fingerprint density at radius 2 is 1.65 bits per heavy atom. The minimum absolute atomic E-state index is 0.174. The minimum Gasteiger partial charge on any atom is -0.469 e. The summed E-state index contributed by atoms with van der Waals surface area (Å²) in [6.07, 6.45) is 3.45. The van der Waals surface area contributed by atoms with E-state index in [0.29, 0.717) is 11.5 Å². The van der Waals surface area contributed by atoms with Crippen LogP contribution in [0.25, 0.3) is 0 Å². The minimum atomic E-state index is -0.392. The van der Waals surface area contributed by atoms with Crippen molar-refractivity contribution in [3.05, 3.63) is 48.3 Å². The van der Waals surface area contributed by atoms with Crippen LogP contribution in [0.4, 0.5) is 0 Å². The predicted octanol–water partition coefficient (Wildman–Crippen LogP) is 1.27. The molecule has 23 heavy (non-hydrogen) atoms. The van der Waals surface area contributed by atoms with Gasteiger partial charge in [-0.25, -0.2) is 0 Å². The lowest BCUT2D eigenvalue weighted by Gasteiger charge is -2.16. The molecule has 0 unspecified atom stereocenters. The first-order chi connectivity index (χ1) is 11.1. The van der Waals surface area contributed by atoms with E-state index in [4.69, 9.17) is 8.83 Å². The maximum atomic E-state index is 12.0. The highest BCUT2D eigenvalue weighted by Gasteiger charge is 2.30. The summed E-state index contributed by atoms with van der Waals surface area (Å²) in [5, 5.41) is 2.72. The number of carbonyl (C=O) groups is 3. The van der Waals surface area contributed by atoms with Crippen molar-refractivity contribution in [2.75, 3.05) is 13.1 Å². The smallest absolute Gasteiger partial charge is 0.240 e. The largest absolute Gasteiger partial charge is 0.469 e. The van der Waals surface area contributed by atoms with Gasteiger partial charge < -0.3 is 14.2 Å². The van der Waals surface area contributed by atoms with Crippen LogP contribution >= 0.6 is 0 Å². The highest BCUT2D eigenvalue weighted by molar-refractivity contribution is 6.04. The molecule has 0 spiro atoms. The Hall–Kier alpha value is -2.83. The summed E-state index contributed by atoms with van der Waals surface area (Å²) in [5.41, 5.74) is 0. The molecule has 0 bridgehead atoms. The lowest BCUT2D eigenvalue weighted by Crippen LogP contribution is -2.41. The zero-order valence-electron chi connectivity index (χ0n) is 12.4. The Balaban J connectivity index is 1.62. The molecule has 2 aromatic heterocycles. The number of nitrogens with one attached hydrogen (secondary N) is 1. The standard InChI is InChI=1S/C16H16N2O5/c19-14(10-18-15(20)5-6-16(18)21)17-9-11(12-3-1-7-22-12)13-4-2-8-23-13/h1-4,7-8,11H,5-6,9-10H2,(H,17,19). The van der Waals surface area contributed by atoms with Gasteiger partial charge in [0.25, 0.3) is 0 Å². The molecule has 1 aliphatic heterocycles. The van der Waals surface area contributed by atoms with Gasteiger partial charge in [0.15, 0.2) is 0 Å². The molecule has 0 atom stereocenters. The van der Waals surface area contributed by atoms with E-state index in [0.717, 1.165) is 4.90 Å². The number of imide groups is 1. The number of amides is 3. The number of likely N-dealkylation sites (tertiary alicyclic amines) is 1. The van der Waals surface area contributed by atoms with Crippen LogP contribution in [-0.2, 0) is 14.4 Å². The maximum Gasteiger partial charge on any atom is 0.240 e. The van der Waals surface area contributed by atoms with Crippen molar-refractivity contribution < 1.29 is 23.2 Å². The summed E-state index contributed by atoms with van der Waals surface area (Å²) in [6, 6.07) is 7.11. The molecule has 1 aliphatic rings. The average Bonchev–Trinajstić information content (AvgIpc) is 3.27. The Morgan fingerprint density at radius 1 is 1.09 bits per heavy atom. The lowest BCUT2D eigenvalue weighted by atomic mass is 10.0. The van der Waals surface area contributed by atoms with Crippen LogP contribution in [0.3, 0.4) is 0 Å². The zero-order valence-corrected chi connectivity index (χ0v) is 12.4. The molecule has 1 fully saturated rings. The Morgan fingerprint density at radius 3 is 2.13 bits per heavy atom. The Bertz CT molecular complexity index is 640. The first-order valence-electron chi connectivity index (χ1n) is 7.32. The summed E-state index contributed by atoms with van der Waals surface area (Å²) in [4.78, 5) is 36.1. The quantitative estimate of drug-likeness (QED) is 0.810. The van der Waals surface area contributed by atoms with Gasteiger partial charge in [-0.05, 0) is 24.3 Å². The van der Waals surface area contributed by atoms with E-state index in [-0.39, 0.29) is 43.7 Å². The first-order valence-corrected chi connectivity index (χ1v) is 7.32. The Labute approximate surface area is 132 Å². The van der Waals surface area contributed by atoms with Crippen LogP contribution in [0.1, 0.15) is 30.3 Å². The summed E-state index contributed by atoms with van der Waals surface area (Å²) in [7, 11) is 0. The molecule has 7 heteroatoms. The van der Waals surface area contributed by atoms with Gasteiger partial charge in [-0.15, -0.1) is 0 Å². The molecule has 1 N–H and O–H groups in total. The highest BCUT2D eigenvalue weighted by Crippen LogP contribution is 2.24.